The minimum atomic E-state index is -4.36. The number of pyridine rings is 1. The largest absolute Gasteiger partial charge is 0.416 e. The van der Waals surface area contributed by atoms with E-state index in [9.17, 15) is 18.0 Å². The molecule has 1 aromatic heterocycles. The number of likely N-dealkylation sites (N-methyl/N-ethyl adjacent to an activating group) is 1. The lowest BCUT2D eigenvalue weighted by atomic mass is 10.0. The van der Waals surface area contributed by atoms with E-state index in [-0.39, 0.29) is 17.2 Å². The summed E-state index contributed by atoms with van der Waals surface area (Å²) in [4.78, 5) is 21.2. The van der Waals surface area contributed by atoms with E-state index in [4.69, 9.17) is 5.73 Å². The smallest absolute Gasteiger partial charge is 0.363 e. The Balaban J connectivity index is 1.41. The molecule has 0 fully saturated rings. The molecule has 2 heterocycles. The molecule has 4 N–H and O–H groups in total. The number of hydrogen-bond acceptors (Lipinski definition) is 6. The Kier molecular flexibility index (Phi) is 7.08. The Morgan fingerprint density at radius 1 is 1.15 bits per heavy atom. The molecule has 4 rings (SSSR count). The molecule has 0 radical (unpaired) electrons. The Bertz CT molecular complexity index is 1200. The zero-order valence-electron chi connectivity index (χ0n) is 18.3. The molecule has 1 aliphatic rings. The summed E-state index contributed by atoms with van der Waals surface area (Å²) in [5, 5.41) is 8.33. The van der Waals surface area contributed by atoms with E-state index in [2.05, 4.69) is 20.6 Å². The third-order valence-corrected chi connectivity index (χ3v) is 6.84. The predicted octanol–water partition coefficient (Wildman–Crippen LogP) is 3.67. The molecular weight excluding hydrogens is 463 g/mol. The van der Waals surface area contributed by atoms with Crippen molar-refractivity contribution in [3.63, 3.8) is 0 Å². The fraction of sp³-hybridized carbons (Fsp3) is 0.292. The van der Waals surface area contributed by atoms with E-state index < -0.39 is 17.8 Å². The second kappa shape index (κ2) is 10.0. The normalized spacial score (nSPS) is 19.0. The van der Waals surface area contributed by atoms with Gasteiger partial charge in [-0.15, -0.1) is 0 Å². The van der Waals surface area contributed by atoms with Crippen molar-refractivity contribution in [2.45, 2.75) is 29.9 Å². The number of nitrogens with one attached hydrogen (secondary N) is 2. The van der Waals surface area contributed by atoms with Gasteiger partial charge in [-0.25, -0.2) is 4.99 Å². The van der Waals surface area contributed by atoms with Gasteiger partial charge in [-0.2, -0.15) is 13.2 Å². The van der Waals surface area contributed by atoms with Crippen LogP contribution in [0.1, 0.15) is 21.9 Å². The SMILES string of the molecule is CNC(=O)C1N=C(NC[C@@H](N)Cc2ccc(C(F)(F)F)cc2)SC1c1ccc2cnccc2c1. The lowest BCUT2D eigenvalue weighted by molar-refractivity contribution is -0.137. The number of alkyl halides is 3. The Morgan fingerprint density at radius 2 is 1.91 bits per heavy atom. The van der Waals surface area contributed by atoms with Crippen LogP contribution in [0.15, 0.2) is 65.9 Å². The first-order valence-electron chi connectivity index (χ1n) is 10.7. The molecule has 0 aliphatic carbocycles. The quantitative estimate of drug-likeness (QED) is 0.494. The van der Waals surface area contributed by atoms with Gasteiger partial charge in [-0.3, -0.25) is 9.78 Å². The number of rotatable bonds is 6. The molecule has 6 nitrogen and oxygen atoms in total. The van der Waals surface area contributed by atoms with E-state index in [0.29, 0.717) is 18.1 Å². The monoisotopic (exact) mass is 487 g/mol. The summed E-state index contributed by atoms with van der Waals surface area (Å²) >= 11 is 1.46. The Labute approximate surface area is 199 Å². The highest BCUT2D eigenvalue weighted by molar-refractivity contribution is 8.14. The molecule has 0 spiro atoms. The summed E-state index contributed by atoms with van der Waals surface area (Å²) in [5.74, 6) is -0.182. The number of fused-ring (bicyclic) bond motifs is 1. The highest BCUT2D eigenvalue weighted by Crippen LogP contribution is 2.40. The highest BCUT2D eigenvalue weighted by atomic mass is 32.2. The number of thioether (sulfide) groups is 1. The van der Waals surface area contributed by atoms with E-state index in [1.165, 1.54) is 23.9 Å². The van der Waals surface area contributed by atoms with Crippen molar-refractivity contribution in [2.75, 3.05) is 13.6 Å². The van der Waals surface area contributed by atoms with Gasteiger partial charge < -0.3 is 16.4 Å². The number of nitrogens with zero attached hydrogens (tertiary/aromatic N) is 2. The summed E-state index contributed by atoms with van der Waals surface area (Å²) < 4.78 is 38.2. The molecule has 2 aromatic carbocycles. The summed E-state index contributed by atoms with van der Waals surface area (Å²) in [6, 6.07) is 12.0. The Hall–Kier alpha value is -3.11. The second-order valence-corrected chi connectivity index (χ2v) is 9.18. The number of aromatic nitrogens is 1. The van der Waals surface area contributed by atoms with Crippen LogP contribution < -0.4 is 16.4 Å². The number of carbonyl (C=O) groups excluding carboxylic acids is 1. The van der Waals surface area contributed by atoms with Crippen LogP contribution >= 0.6 is 11.8 Å². The van der Waals surface area contributed by atoms with Gasteiger partial charge in [-0.05, 0) is 47.2 Å². The number of benzene rings is 2. The van der Waals surface area contributed by atoms with Crippen molar-refractivity contribution in [3.8, 4) is 0 Å². The Morgan fingerprint density at radius 3 is 2.62 bits per heavy atom. The summed E-state index contributed by atoms with van der Waals surface area (Å²) in [6.45, 7) is 0.365. The van der Waals surface area contributed by atoms with Crippen LogP contribution in [0.25, 0.3) is 10.8 Å². The first-order valence-corrected chi connectivity index (χ1v) is 11.6. The average molecular weight is 488 g/mol. The second-order valence-electron chi connectivity index (χ2n) is 8.05. The van der Waals surface area contributed by atoms with Gasteiger partial charge in [0, 0.05) is 37.4 Å². The van der Waals surface area contributed by atoms with Crippen LogP contribution in [0.5, 0.6) is 0 Å². The van der Waals surface area contributed by atoms with Crippen LogP contribution in [0.3, 0.4) is 0 Å². The lowest BCUT2D eigenvalue weighted by Crippen LogP contribution is -2.37. The zero-order chi connectivity index (χ0) is 24.3. The molecule has 0 saturated carbocycles. The summed E-state index contributed by atoms with van der Waals surface area (Å²) in [5.41, 5.74) is 7.21. The maximum Gasteiger partial charge on any atom is 0.416 e. The van der Waals surface area contributed by atoms with E-state index in [1.807, 2.05) is 24.3 Å². The standard InChI is InChI=1S/C24H24F3N5OS/c1-29-22(33)20-21(16-4-5-17-12-30-9-8-15(17)11-16)34-23(32-20)31-13-19(28)10-14-2-6-18(7-3-14)24(25,26)27/h2-9,11-12,19-21H,10,13,28H2,1H3,(H,29,33)(H,31,32)/t19-,20?,21?/m0/s1. The molecule has 10 heteroatoms. The van der Waals surface area contributed by atoms with Crippen LogP contribution in [0, 0.1) is 0 Å². The average Bonchev–Trinajstić information content (AvgIpc) is 3.26. The maximum atomic E-state index is 12.7. The van der Waals surface area contributed by atoms with Gasteiger partial charge in [0.05, 0.1) is 10.8 Å². The van der Waals surface area contributed by atoms with Crippen molar-refractivity contribution in [1.82, 2.24) is 15.6 Å². The number of hydrogen-bond donors (Lipinski definition) is 3. The van der Waals surface area contributed by atoms with Crippen LogP contribution in [-0.4, -0.2) is 41.7 Å². The number of amides is 1. The predicted molar refractivity (Wildman–Crippen MR) is 128 cm³/mol. The number of nitrogens with two attached hydrogens (primary N) is 1. The van der Waals surface area contributed by atoms with E-state index in [0.717, 1.165) is 34.0 Å². The molecule has 178 valence electrons. The summed E-state index contributed by atoms with van der Waals surface area (Å²) in [7, 11) is 1.58. The molecule has 34 heavy (non-hydrogen) atoms. The van der Waals surface area contributed by atoms with E-state index >= 15 is 0 Å². The zero-order valence-corrected chi connectivity index (χ0v) is 19.2. The maximum absolute atomic E-state index is 12.7. The highest BCUT2D eigenvalue weighted by Gasteiger charge is 2.36. The summed E-state index contributed by atoms with van der Waals surface area (Å²) in [6.07, 6.45) is -0.436. The molecule has 2 unspecified atom stereocenters. The first kappa shape index (κ1) is 24.0. The molecule has 3 atom stereocenters. The van der Waals surface area contributed by atoms with Gasteiger partial charge in [0.2, 0.25) is 5.91 Å². The third kappa shape index (κ3) is 5.51. The number of amidine groups is 1. The molecule has 3 aromatic rings. The van der Waals surface area contributed by atoms with Gasteiger partial charge in [0.1, 0.15) is 6.04 Å². The fourth-order valence-electron chi connectivity index (χ4n) is 3.79. The number of aliphatic imine (C=N–C) groups is 1. The number of halogens is 3. The minimum Gasteiger partial charge on any atom is -0.363 e. The van der Waals surface area contributed by atoms with Gasteiger partial charge >= 0.3 is 6.18 Å². The molecule has 1 aliphatic heterocycles. The van der Waals surface area contributed by atoms with Crippen molar-refractivity contribution in [2.24, 2.45) is 10.7 Å². The third-order valence-electron chi connectivity index (χ3n) is 5.58. The van der Waals surface area contributed by atoms with Crippen molar-refractivity contribution >= 4 is 33.6 Å². The van der Waals surface area contributed by atoms with Crippen LogP contribution in [-0.2, 0) is 17.4 Å². The molecule has 0 saturated heterocycles. The lowest BCUT2D eigenvalue weighted by Gasteiger charge is -2.17. The van der Waals surface area contributed by atoms with Crippen LogP contribution in [0.4, 0.5) is 13.2 Å². The van der Waals surface area contributed by atoms with Crippen molar-refractivity contribution < 1.29 is 18.0 Å². The minimum absolute atomic E-state index is 0.182. The van der Waals surface area contributed by atoms with Crippen LogP contribution in [0.2, 0.25) is 0 Å². The fourth-order valence-corrected chi connectivity index (χ4v) is 4.97. The van der Waals surface area contributed by atoms with Gasteiger partial charge in [-0.1, -0.05) is 36.0 Å². The molecule has 1 amide bonds. The van der Waals surface area contributed by atoms with E-state index in [1.54, 1.807) is 19.4 Å². The molecule has 0 bridgehead atoms. The first-order chi connectivity index (χ1) is 16.2. The molecular formula is C24H24F3N5OS. The number of carbonyl (C=O) groups is 1. The van der Waals surface area contributed by atoms with Crippen molar-refractivity contribution in [1.29, 1.82) is 0 Å². The topological polar surface area (TPSA) is 92.4 Å². The van der Waals surface area contributed by atoms with Crippen molar-refractivity contribution in [3.05, 3.63) is 77.6 Å². The van der Waals surface area contributed by atoms with Gasteiger partial charge in [0.25, 0.3) is 0 Å². The van der Waals surface area contributed by atoms with Gasteiger partial charge in [0.15, 0.2) is 5.17 Å².